The Morgan fingerprint density at radius 3 is 2.46 bits per heavy atom. The molecule has 0 saturated carbocycles. The first-order valence-electron chi connectivity index (χ1n) is 11.7. The van der Waals surface area contributed by atoms with Gasteiger partial charge < -0.3 is 18.9 Å². The van der Waals surface area contributed by atoms with E-state index in [-0.39, 0.29) is 29.1 Å². The third kappa shape index (κ3) is 6.56. The summed E-state index contributed by atoms with van der Waals surface area (Å²) in [6.07, 6.45) is 3.19. The second-order valence-corrected chi connectivity index (χ2v) is 8.96. The molecular weight excluding hydrogens is 526 g/mol. The van der Waals surface area contributed by atoms with Gasteiger partial charge in [-0.05, 0) is 40.6 Å². The summed E-state index contributed by atoms with van der Waals surface area (Å²) in [5, 5.41) is 6.83. The molecule has 1 N–H and O–H groups in total. The van der Waals surface area contributed by atoms with Gasteiger partial charge in [-0.25, -0.2) is 4.99 Å². The standard InChI is InChI=1S/C26H27N5O7S/c1-34-11-10-30-15-23(38-29-30)28-22(32)16-39-26-27-19(25(33)31(26)18-8-6-5-7-9-18)12-17-13-20(35-2)24(37-4)21(14-17)36-3/h5-9,12-15H,10-11,16H2,1-4H3/p+1/b19-12+. The number of rotatable bonds is 11. The van der Waals surface area contributed by atoms with Crippen LogP contribution in [0.15, 0.2) is 63.9 Å². The Kier molecular flexibility index (Phi) is 9.18. The minimum Gasteiger partial charge on any atom is -0.493 e. The number of ether oxygens (including phenoxy) is 4. The monoisotopic (exact) mass is 554 g/mol. The van der Waals surface area contributed by atoms with Crippen molar-refractivity contribution in [3.8, 4) is 17.2 Å². The van der Waals surface area contributed by atoms with Gasteiger partial charge in [0, 0.05) is 7.11 Å². The number of hydrogen-bond donors (Lipinski definition) is 1. The van der Waals surface area contributed by atoms with Crippen LogP contribution in [0.4, 0.5) is 11.6 Å². The first-order valence-corrected chi connectivity index (χ1v) is 12.7. The Bertz CT molecular complexity index is 1370. The van der Waals surface area contributed by atoms with Gasteiger partial charge in [-0.1, -0.05) is 30.0 Å². The molecule has 3 aromatic rings. The number of amides is 2. The van der Waals surface area contributed by atoms with Gasteiger partial charge in [-0.15, -0.1) is 0 Å². The molecule has 1 aliphatic heterocycles. The number of methoxy groups -OCH3 is 4. The Morgan fingerprint density at radius 1 is 1.10 bits per heavy atom. The molecule has 0 aliphatic carbocycles. The van der Waals surface area contributed by atoms with E-state index in [1.165, 1.54) is 30.9 Å². The number of aliphatic imine (C=N–C) groups is 1. The number of nitrogens with zero attached hydrogens (tertiary/aromatic N) is 4. The highest BCUT2D eigenvalue weighted by molar-refractivity contribution is 8.14. The van der Waals surface area contributed by atoms with E-state index in [0.717, 1.165) is 11.8 Å². The fourth-order valence-electron chi connectivity index (χ4n) is 3.67. The summed E-state index contributed by atoms with van der Waals surface area (Å²) in [4.78, 5) is 32.1. The van der Waals surface area contributed by atoms with Crippen molar-refractivity contribution in [3.05, 3.63) is 59.9 Å². The summed E-state index contributed by atoms with van der Waals surface area (Å²) in [7, 11) is 6.13. The summed E-state index contributed by atoms with van der Waals surface area (Å²) in [6.45, 7) is 0.937. The molecule has 1 aromatic heterocycles. The average molecular weight is 555 g/mol. The molecule has 2 heterocycles. The van der Waals surface area contributed by atoms with Crippen molar-refractivity contribution in [1.82, 2.24) is 5.27 Å². The van der Waals surface area contributed by atoms with Crippen LogP contribution in [-0.2, 0) is 20.9 Å². The number of nitrogens with one attached hydrogen (secondary N) is 1. The quantitative estimate of drug-likeness (QED) is 0.281. The second-order valence-electron chi connectivity index (χ2n) is 8.02. The van der Waals surface area contributed by atoms with Crippen molar-refractivity contribution >= 4 is 46.4 Å². The lowest BCUT2D eigenvalue weighted by molar-refractivity contribution is -0.763. The van der Waals surface area contributed by atoms with E-state index in [1.807, 2.05) is 18.2 Å². The van der Waals surface area contributed by atoms with E-state index < -0.39 is 0 Å². The number of aromatic nitrogens is 2. The van der Waals surface area contributed by atoms with Crippen LogP contribution in [0.5, 0.6) is 17.2 Å². The van der Waals surface area contributed by atoms with E-state index in [0.29, 0.717) is 46.8 Å². The number of amidine groups is 1. The van der Waals surface area contributed by atoms with E-state index in [2.05, 4.69) is 15.6 Å². The van der Waals surface area contributed by atoms with Gasteiger partial charge in [0.05, 0.1) is 32.8 Å². The van der Waals surface area contributed by atoms with Crippen molar-refractivity contribution in [2.24, 2.45) is 4.99 Å². The molecule has 2 aromatic carbocycles. The van der Waals surface area contributed by atoms with E-state index in [4.69, 9.17) is 23.5 Å². The lowest BCUT2D eigenvalue weighted by atomic mass is 10.1. The molecule has 4 rings (SSSR count). The zero-order valence-electron chi connectivity index (χ0n) is 21.9. The number of carbonyl (C=O) groups excluding carboxylic acids is 2. The van der Waals surface area contributed by atoms with E-state index in [1.54, 1.807) is 43.6 Å². The lowest BCUT2D eigenvalue weighted by Crippen LogP contribution is -2.36. The van der Waals surface area contributed by atoms with Crippen LogP contribution in [0, 0.1) is 0 Å². The molecule has 2 amide bonds. The number of hydrogen-bond acceptors (Lipinski definition) is 10. The highest BCUT2D eigenvalue weighted by atomic mass is 32.2. The number of thioether (sulfide) groups is 1. The van der Waals surface area contributed by atoms with Gasteiger partial charge in [0.2, 0.25) is 23.5 Å². The molecular formula is C26H28N5O7S+. The van der Waals surface area contributed by atoms with Crippen LogP contribution in [0.25, 0.3) is 6.08 Å². The van der Waals surface area contributed by atoms with Crippen molar-refractivity contribution in [3.63, 3.8) is 0 Å². The maximum Gasteiger partial charge on any atom is 0.302 e. The normalized spacial score (nSPS) is 13.9. The first kappa shape index (κ1) is 27.7. The summed E-state index contributed by atoms with van der Waals surface area (Å²) < 4.78 is 27.9. The molecule has 1 aliphatic rings. The number of benzene rings is 2. The smallest absolute Gasteiger partial charge is 0.302 e. The van der Waals surface area contributed by atoms with Crippen LogP contribution in [-0.4, -0.2) is 63.1 Å². The molecule has 13 heteroatoms. The molecule has 0 saturated heterocycles. The summed E-state index contributed by atoms with van der Waals surface area (Å²) in [6, 6.07) is 12.5. The number of para-hydroxylation sites is 1. The van der Waals surface area contributed by atoms with Gasteiger partial charge in [0.25, 0.3) is 12.1 Å². The zero-order valence-corrected chi connectivity index (χ0v) is 22.7. The lowest BCUT2D eigenvalue weighted by Gasteiger charge is -2.17. The largest absolute Gasteiger partial charge is 0.493 e. The van der Waals surface area contributed by atoms with Crippen molar-refractivity contribution in [2.45, 2.75) is 6.54 Å². The Balaban J connectivity index is 1.56. The average Bonchev–Trinajstić information content (AvgIpc) is 3.53. The molecule has 0 fully saturated rings. The molecule has 0 atom stereocenters. The Morgan fingerprint density at radius 2 is 1.82 bits per heavy atom. The molecule has 0 bridgehead atoms. The molecule has 12 nitrogen and oxygen atoms in total. The van der Waals surface area contributed by atoms with Gasteiger partial charge in [-0.3, -0.25) is 24.3 Å². The molecule has 204 valence electrons. The number of carbonyl (C=O) groups is 2. The van der Waals surface area contributed by atoms with E-state index in [9.17, 15) is 9.59 Å². The van der Waals surface area contributed by atoms with Gasteiger partial charge in [0.15, 0.2) is 16.7 Å². The topological polar surface area (TPSA) is 129 Å². The molecule has 0 unspecified atom stereocenters. The fraction of sp³-hybridized carbons (Fsp3) is 0.269. The zero-order chi connectivity index (χ0) is 27.8. The SMILES string of the molecule is COCC[n+]1cc(NC(=O)CSC2=N/C(=C/c3cc(OC)c(OC)c(OC)c3)C(=O)N2c2ccccc2)on1. The highest BCUT2D eigenvalue weighted by Crippen LogP contribution is 2.39. The van der Waals surface area contributed by atoms with Gasteiger partial charge >= 0.3 is 5.88 Å². The van der Waals surface area contributed by atoms with Crippen molar-refractivity contribution < 1.29 is 37.7 Å². The molecule has 39 heavy (non-hydrogen) atoms. The molecule has 0 radical (unpaired) electrons. The van der Waals surface area contributed by atoms with Crippen LogP contribution < -0.4 is 29.1 Å². The van der Waals surface area contributed by atoms with E-state index >= 15 is 0 Å². The van der Waals surface area contributed by atoms with Crippen LogP contribution >= 0.6 is 11.8 Å². The highest BCUT2D eigenvalue weighted by Gasteiger charge is 2.32. The summed E-state index contributed by atoms with van der Waals surface area (Å²) >= 11 is 1.12. The fourth-order valence-corrected chi connectivity index (χ4v) is 4.48. The maximum absolute atomic E-state index is 13.5. The third-order valence-electron chi connectivity index (χ3n) is 5.46. The number of anilines is 2. The summed E-state index contributed by atoms with van der Waals surface area (Å²) in [5.74, 6) is 0.816. The molecule has 0 spiro atoms. The van der Waals surface area contributed by atoms with Crippen LogP contribution in [0.1, 0.15) is 5.56 Å². The van der Waals surface area contributed by atoms with Crippen LogP contribution in [0.3, 0.4) is 0 Å². The minimum absolute atomic E-state index is 0.0221. The maximum atomic E-state index is 13.5. The Labute approximate surface area is 229 Å². The third-order valence-corrected chi connectivity index (χ3v) is 6.40. The minimum atomic E-state index is -0.347. The Hall–Kier alpha value is -4.36. The second kappa shape index (κ2) is 12.9. The van der Waals surface area contributed by atoms with Crippen LogP contribution in [0.2, 0.25) is 0 Å². The summed E-state index contributed by atoms with van der Waals surface area (Å²) in [5.41, 5.74) is 1.43. The van der Waals surface area contributed by atoms with Gasteiger partial charge in [0.1, 0.15) is 12.3 Å². The van der Waals surface area contributed by atoms with Crippen molar-refractivity contribution in [1.29, 1.82) is 0 Å². The first-order chi connectivity index (χ1) is 19.0. The van der Waals surface area contributed by atoms with Gasteiger partial charge in [-0.2, -0.15) is 0 Å². The predicted molar refractivity (Wildman–Crippen MR) is 145 cm³/mol. The van der Waals surface area contributed by atoms with Crippen molar-refractivity contribution in [2.75, 3.05) is 51.0 Å². The predicted octanol–water partition coefficient (Wildman–Crippen LogP) is 2.75.